The lowest BCUT2D eigenvalue weighted by atomic mass is 9.96. The van der Waals surface area contributed by atoms with E-state index in [1.54, 1.807) is 26.0 Å². The number of non-ortho nitro benzene ring substituents is 1. The van der Waals surface area contributed by atoms with Crippen LogP contribution < -0.4 is 10.1 Å². The molecular formula is C22H25F2N3O6S. The standard InChI is InChI=1S/C22H25F2N3O6S/c1-14-6-7-18(27(29)30)13-20(14)34(31,32)26-10-8-16(9-11-26)21(28)25-15(2)17-4-3-5-19(12-17)33-22(23)24/h3-7,12-13,15-16,22H,8-11H2,1-2H3,(H,25,28). The zero-order valence-electron chi connectivity index (χ0n) is 18.6. The molecule has 1 unspecified atom stereocenters. The van der Waals surface area contributed by atoms with Gasteiger partial charge < -0.3 is 10.1 Å². The first-order valence-corrected chi connectivity index (χ1v) is 12.0. The van der Waals surface area contributed by atoms with E-state index in [0.717, 1.165) is 6.07 Å². The van der Waals surface area contributed by atoms with Gasteiger partial charge in [-0.15, -0.1) is 0 Å². The number of nitro benzene ring substituents is 1. The van der Waals surface area contributed by atoms with Crippen molar-refractivity contribution in [2.24, 2.45) is 5.92 Å². The van der Waals surface area contributed by atoms with Crippen LogP contribution in [0.25, 0.3) is 0 Å². The molecule has 34 heavy (non-hydrogen) atoms. The Morgan fingerprint density at radius 2 is 1.88 bits per heavy atom. The van der Waals surface area contributed by atoms with Crippen LogP contribution in [0.4, 0.5) is 14.5 Å². The first-order chi connectivity index (χ1) is 16.0. The van der Waals surface area contributed by atoms with Crippen LogP contribution in [-0.4, -0.2) is 43.3 Å². The van der Waals surface area contributed by atoms with Crippen molar-refractivity contribution in [2.75, 3.05) is 13.1 Å². The second kappa shape index (κ2) is 10.4. The molecule has 1 fully saturated rings. The molecule has 1 heterocycles. The molecule has 0 aliphatic carbocycles. The lowest BCUT2D eigenvalue weighted by Gasteiger charge is -2.31. The number of rotatable bonds is 8. The van der Waals surface area contributed by atoms with Crippen LogP contribution >= 0.6 is 0 Å². The molecule has 9 nitrogen and oxygen atoms in total. The van der Waals surface area contributed by atoms with Crippen molar-refractivity contribution in [1.82, 2.24) is 9.62 Å². The molecule has 184 valence electrons. The Hall–Kier alpha value is -3.12. The average Bonchev–Trinajstić information content (AvgIpc) is 2.78. The number of hydrogen-bond donors (Lipinski definition) is 1. The first kappa shape index (κ1) is 25.5. The van der Waals surface area contributed by atoms with Crippen LogP contribution in [0.3, 0.4) is 0 Å². The molecule has 3 rings (SSSR count). The molecule has 2 aromatic rings. The van der Waals surface area contributed by atoms with Crippen LogP contribution in [0.2, 0.25) is 0 Å². The molecule has 0 saturated carbocycles. The minimum absolute atomic E-state index is 0.0106. The lowest BCUT2D eigenvalue weighted by molar-refractivity contribution is -0.385. The van der Waals surface area contributed by atoms with Crippen LogP contribution in [0.1, 0.15) is 36.9 Å². The summed E-state index contributed by atoms with van der Waals surface area (Å²) in [5.41, 5.74) is 0.681. The minimum Gasteiger partial charge on any atom is -0.435 e. The number of hydrogen-bond acceptors (Lipinski definition) is 6. The summed E-state index contributed by atoms with van der Waals surface area (Å²) in [7, 11) is -3.96. The Bertz CT molecular complexity index is 1170. The second-order valence-corrected chi connectivity index (χ2v) is 9.97. The zero-order chi connectivity index (χ0) is 25.0. The molecule has 1 aliphatic heterocycles. The average molecular weight is 498 g/mol. The summed E-state index contributed by atoms with van der Waals surface area (Å²) in [5.74, 6) is -0.708. The van der Waals surface area contributed by atoms with Gasteiger partial charge in [-0.1, -0.05) is 18.2 Å². The fraction of sp³-hybridized carbons (Fsp3) is 0.409. The number of carbonyl (C=O) groups is 1. The first-order valence-electron chi connectivity index (χ1n) is 10.6. The molecule has 1 saturated heterocycles. The Morgan fingerprint density at radius 1 is 1.21 bits per heavy atom. The van der Waals surface area contributed by atoms with E-state index in [1.165, 1.54) is 28.6 Å². The molecule has 0 radical (unpaired) electrons. The third-order valence-electron chi connectivity index (χ3n) is 5.77. The maximum atomic E-state index is 13.1. The highest BCUT2D eigenvalue weighted by Crippen LogP contribution is 2.29. The Morgan fingerprint density at radius 3 is 2.50 bits per heavy atom. The van der Waals surface area contributed by atoms with Gasteiger partial charge in [0.05, 0.1) is 15.9 Å². The van der Waals surface area contributed by atoms with E-state index < -0.39 is 33.5 Å². The number of benzene rings is 2. The number of halogens is 2. The van der Waals surface area contributed by atoms with Crippen LogP contribution in [-0.2, 0) is 14.8 Å². The van der Waals surface area contributed by atoms with Crippen molar-refractivity contribution in [1.29, 1.82) is 0 Å². The quantitative estimate of drug-likeness (QED) is 0.438. The SMILES string of the molecule is Cc1ccc([N+](=O)[O-])cc1S(=O)(=O)N1CCC(C(=O)NC(C)c2cccc(OC(F)F)c2)CC1. The van der Waals surface area contributed by atoms with Gasteiger partial charge in [-0.05, 0) is 49.9 Å². The van der Waals surface area contributed by atoms with Crippen LogP contribution in [0.5, 0.6) is 5.75 Å². The van der Waals surface area contributed by atoms with E-state index in [2.05, 4.69) is 10.1 Å². The van der Waals surface area contributed by atoms with E-state index in [-0.39, 0.29) is 48.2 Å². The fourth-order valence-electron chi connectivity index (χ4n) is 3.85. The highest BCUT2D eigenvalue weighted by molar-refractivity contribution is 7.89. The van der Waals surface area contributed by atoms with E-state index in [4.69, 9.17) is 0 Å². The number of nitrogens with zero attached hydrogens (tertiary/aromatic N) is 2. The fourth-order valence-corrected chi connectivity index (χ4v) is 5.57. The summed E-state index contributed by atoms with van der Waals surface area (Å²) < 4.78 is 56.6. The van der Waals surface area contributed by atoms with Gasteiger partial charge in [0, 0.05) is 31.1 Å². The summed E-state index contributed by atoms with van der Waals surface area (Å²) in [4.78, 5) is 23.0. The van der Waals surface area contributed by atoms with Crippen LogP contribution in [0.15, 0.2) is 47.4 Å². The minimum atomic E-state index is -3.96. The van der Waals surface area contributed by atoms with Gasteiger partial charge in [0.1, 0.15) is 5.75 Å². The molecule has 1 atom stereocenters. The molecule has 1 amide bonds. The topological polar surface area (TPSA) is 119 Å². The Labute approximate surface area is 195 Å². The second-order valence-electron chi connectivity index (χ2n) is 8.07. The number of ether oxygens (including phenoxy) is 1. The molecule has 2 aromatic carbocycles. The number of sulfonamides is 1. The molecule has 0 spiro atoms. The molecule has 0 aromatic heterocycles. The van der Waals surface area contributed by atoms with E-state index in [0.29, 0.717) is 11.1 Å². The van der Waals surface area contributed by atoms with Gasteiger partial charge in [-0.25, -0.2) is 8.42 Å². The molecule has 0 bridgehead atoms. The lowest BCUT2D eigenvalue weighted by Crippen LogP contribution is -2.43. The molecule has 1 N–H and O–H groups in total. The van der Waals surface area contributed by atoms with Crippen molar-refractivity contribution in [2.45, 2.75) is 44.2 Å². The Balaban J connectivity index is 1.63. The third-order valence-corrected chi connectivity index (χ3v) is 7.81. The van der Waals surface area contributed by atoms with E-state index >= 15 is 0 Å². The Kier molecular flexibility index (Phi) is 7.82. The van der Waals surface area contributed by atoms with E-state index in [1.807, 2.05) is 0 Å². The number of nitro groups is 1. The van der Waals surface area contributed by atoms with Crippen molar-refractivity contribution in [3.8, 4) is 5.75 Å². The molecule has 1 aliphatic rings. The number of alkyl halides is 2. The summed E-state index contributed by atoms with van der Waals surface area (Å²) >= 11 is 0. The predicted molar refractivity (Wildman–Crippen MR) is 119 cm³/mol. The van der Waals surface area contributed by atoms with Gasteiger partial charge in [-0.2, -0.15) is 13.1 Å². The number of amides is 1. The normalized spacial score (nSPS) is 16.3. The molecular weight excluding hydrogens is 472 g/mol. The summed E-state index contributed by atoms with van der Waals surface area (Å²) in [6, 6.07) is 9.28. The van der Waals surface area contributed by atoms with Gasteiger partial charge in [0.15, 0.2) is 0 Å². The third kappa shape index (κ3) is 5.86. The summed E-state index contributed by atoms with van der Waals surface area (Å²) in [5, 5.41) is 13.9. The monoisotopic (exact) mass is 497 g/mol. The summed E-state index contributed by atoms with van der Waals surface area (Å²) in [6.07, 6.45) is 0.556. The van der Waals surface area contributed by atoms with Crippen LogP contribution in [0, 0.1) is 23.0 Å². The van der Waals surface area contributed by atoms with E-state index in [9.17, 15) is 32.1 Å². The molecule has 12 heteroatoms. The maximum absolute atomic E-state index is 13.1. The summed E-state index contributed by atoms with van der Waals surface area (Å²) in [6.45, 7) is 0.514. The van der Waals surface area contributed by atoms with Crippen molar-refractivity contribution in [3.05, 3.63) is 63.7 Å². The van der Waals surface area contributed by atoms with Crippen molar-refractivity contribution in [3.63, 3.8) is 0 Å². The number of nitrogens with one attached hydrogen (secondary N) is 1. The number of aryl methyl sites for hydroxylation is 1. The highest BCUT2D eigenvalue weighted by Gasteiger charge is 2.34. The number of piperidine rings is 1. The van der Waals surface area contributed by atoms with Crippen molar-refractivity contribution >= 4 is 21.6 Å². The predicted octanol–water partition coefficient (Wildman–Crippen LogP) is 3.78. The van der Waals surface area contributed by atoms with Gasteiger partial charge in [-0.3, -0.25) is 14.9 Å². The highest BCUT2D eigenvalue weighted by atomic mass is 32.2. The maximum Gasteiger partial charge on any atom is 0.387 e. The zero-order valence-corrected chi connectivity index (χ0v) is 19.4. The van der Waals surface area contributed by atoms with Crippen molar-refractivity contribution < 1.29 is 31.7 Å². The van der Waals surface area contributed by atoms with Gasteiger partial charge >= 0.3 is 6.61 Å². The largest absolute Gasteiger partial charge is 0.435 e. The number of carbonyl (C=O) groups excluding carboxylic acids is 1. The van der Waals surface area contributed by atoms with Gasteiger partial charge in [0.25, 0.3) is 5.69 Å². The smallest absolute Gasteiger partial charge is 0.387 e. The van der Waals surface area contributed by atoms with Gasteiger partial charge in [0.2, 0.25) is 15.9 Å².